The van der Waals surface area contributed by atoms with Crippen LogP contribution in [-0.2, 0) is 6.54 Å². The molecule has 0 aliphatic heterocycles. The topological polar surface area (TPSA) is 86.0 Å². The number of aromatic nitrogens is 3. The van der Waals surface area contributed by atoms with Crippen LogP contribution in [0.4, 0.5) is 0 Å². The molecule has 1 heterocycles. The predicted molar refractivity (Wildman–Crippen MR) is 117 cm³/mol. The van der Waals surface area contributed by atoms with Gasteiger partial charge < -0.3 is 5.32 Å². The summed E-state index contributed by atoms with van der Waals surface area (Å²) in [6, 6.07) is 13.9. The number of aryl methyl sites for hydroxylation is 1. The van der Waals surface area contributed by atoms with Crippen molar-refractivity contribution in [1.29, 1.82) is 0 Å². The van der Waals surface area contributed by atoms with Crippen molar-refractivity contribution in [2.24, 2.45) is 0 Å². The molecule has 0 spiro atoms. The van der Waals surface area contributed by atoms with Gasteiger partial charge in [-0.1, -0.05) is 42.8 Å². The number of rotatable bonds is 6. The lowest BCUT2D eigenvalue weighted by Gasteiger charge is -2.14. The molecule has 0 radical (unpaired) electrons. The molecule has 8 heteroatoms. The molecule has 7 nitrogen and oxygen atoms in total. The fourth-order valence-corrected chi connectivity index (χ4v) is 3.15. The molecule has 3 rings (SSSR count). The van der Waals surface area contributed by atoms with Gasteiger partial charge in [0.2, 0.25) is 5.69 Å². The van der Waals surface area contributed by atoms with Crippen molar-refractivity contribution in [3.05, 3.63) is 91.2 Å². The zero-order valence-corrected chi connectivity index (χ0v) is 17.8. The van der Waals surface area contributed by atoms with Crippen LogP contribution in [0.5, 0.6) is 0 Å². The van der Waals surface area contributed by atoms with Crippen molar-refractivity contribution >= 4 is 17.5 Å². The maximum absolute atomic E-state index is 13.1. The van der Waals surface area contributed by atoms with E-state index in [4.69, 9.17) is 11.6 Å². The SMILES string of the molecule is CC[C@H](C)NC(=O)c1nn(-c2cccc(C)c2)c(=O)n(Cc2cccc(Cl)c2)c1=O. The molecular formula is C22H23ClN4O3. The van der Waals surface area contributed by atoms with Crippen molar-refractivity contribution in [1.82, 2.24) is 19.7 Å². The quantitative estimate of drug-likeness (QED) is 0.656. The molecule has 0 saturated heterocycles. The monoisotopic (exact) mass is 426 g/mol. The van der Waals surface area contributed by atoms with E-state index in [1.165, 1.54) is 0 Å². The summed E-state index contributed by atoms with van der Waals surface area (Å²) < 4.78 is 2.09. The van der Waals surface area contributed by atoms with E-state index in [-0.39, 0.29) is 18.3 Å². The van der Waals surface area contributed by atoms with Crippen molar-refractivity contribution in [3.8, 4) is 5.69 Å². The van der Waals surface area contributed by atoms with Crippen LogP contribution in [0.25, 0.3) is 5.69 Å². The zero-order chi connectivity index (χ0) is 21.8. The predicted octanol–water partition coefficient (Wildman–Crippen LogP) is 2.93. The molecule has 0 saturated carbocycles. The second kappa shape index (κ2) is 9.09. The first kappa shape index (κ1) is 21.5. The van der Waals surface area contributed by atoms with Crippen molar-refractivity contribution in [3.63, 3.8) is 0 Å². The molecule has 156 valence electrons. The second-order valence-electron chi connectivity index (χ2n) is 7.19. The lowest BCUT2D eigenvalue weighted by molar-refractivity contribution is 0.0929. The fourth-order valence-electron chi connectivity index (χ4n) is 2.94. The Bertz CT molecular complexity index is 1200. The molecule has 30 heavy (non-hydrogen) atoms. The number of benzene rings is 2. The highest BCUT2D eigenvalue weighted by molar-refractivity contribution is 6.30. The molecule has 0 aliphatic carbocycles. The number of carbonyl (C=O) groups is 1. The van der Waals surface area contributed by atoms with E-state index in [1.54, 1.807) is 42.5 Å². The summed E-state index contributed by atoms with van der Waals surface area (Å²) in [5.74, 6) is -0.615. The number of halogens is 1. The lowest BCUT2D eigenvalue weighted by Crippen LogP contribution is -2.47. The molecule has 0 fully saturated rings. The first-order valence-electron chi connectivity index (χ1n) is 9.66. The lowest BCUT2D eigenvalue weighted by atomic mass is 10.2. The highest BCUT2D eigenvalue weighted by Gasteiger charge is 2.21. The van der Waals surface area contributed by atoms with Gasteiger partial charge in [0, 0.05) is 11.1 Å². The van der Waals surface area contributed by atoms with E-state index in [0.717, 1.165) is 14.8 Å². The van der Waals surface area contributed by atoms with Gasteiger partial charge in [0.1, 0.15) is 0 Å². The van der Waals surface area contributed by atoms with Gasteiger partial charge in [-0.25, -0.2) is 4.79 Å². The highest BCUT2D eigenvalue weighted by Crippen LogP contribution is 2.11. The van der Waals surface area contributed by atoms with Crippen LogP contribution in [0.2, 0.25) is 5.02 Å². The maximum Gasteiger partial charge on any atom is 0.352 e. The number of amides is 1. The zero-order valence-electron chi connectivity index (χ0n) is 17.1. The Morgan fingerprint density at radius 3 is 2.57 bits per heavy atom. The third-order valence-corrected chi connectivity index (χ3v) is 4.98. The molecule has 1 amide bonds. The van der Waals surface area contributed by atoms with Crippen LogP contribution < -0.4 is 16.6 Å². The number of hydrogen-bond donors (Lipinski definition) is 1. The van der Waals surface area contributed by atoms with Gasteiger partial charge in [0.15, 0.2) is 0 Å². The Labute approximate surface area is 178 Å². The second-order valence-corrected chi connectivity index (χ2v) is 7.62. The van der Waals surface area contributed by atoms with Gasteiger partial charge in [0.25, 0.3) is 11.5 Å². The van der Waals surface area contributed by atoms with Crippen molar-refractivity contribution in [2.75, 3.05) is 0 Å². The van der Waals surface area contributed by atoms with Crippen LogP contribution in [0.3, 0.4) is 0 Å². The molecule has 1 aromatic heterocycles. The summed E-state index contributed by atoms with van der Waals surface area (Å²) in [6.45, 7) is 5.60. The Morgan fingerprint density at radius 1 is 1.17 bits per heavy atom. The minimum atomic E-state index is -0.746. The van der Waals surface area contributed by atoms with E-state index in [1.807, 2.05) is 26.8 Å². The number of nitrogens with one attached hydrogen (secondary N) is 1. The number of nitrogens with zero attached hydrogens (tertiary/aromatic N) is 3. The number of hydrogen-bond acceptors (Lipinski definition) is 4. The van der Waals surface area contributed by atoms with Crippen LogP contribution >= 0.6 is 11.6 Å². The first-order valence-corrected chi connectivity index (χ1v) is 10.0. The van der Waals surface area contributed by atoms with E-state index in [9.17, 15) is 14.4 Å². The Balaban J connectivity index is 2.20. The molecule has 0 aliphatic rings. The minimum absolute atomic E-state index is 0.0316. The van der Waals surface area contributed by atoms with Crippen LogP contribution in [0, 0.1) is 6.92 Å². The fraction of sp³-hybridized carbons (Fsp3) is 0.273. The van der Waals surface area contributed by atoms with Gasteiger partial charge in [-0.2, -0.15) is 9.78 Å². The minimum Gasteiger partial charge on any atom is -0.348 e. The van der Waals surface area contributed by atoms with Gasteiger partial charge in [-0.3, -0.25) is 14.2 Å². The normalized spacial score (nSPS) is 11.9. The van der Waals surface area contributed by atoms with Crippen molar-refractivity contribution in [2.45, 2.75) is 39.8 Å². The van der Waals surface area contributed by atoms with Gasteiger partial charge in [0.05, 0.1) is 12.2 Å². The first-order chi connectivity index (χ1) is 14.3. The average Bonchev–Trinajstić information content (AvgIpc) is 2.71. The number of carbonyl (C=O) groups excluding carboxylic acids is 1. The van der Waals surface area contributed by atoms with E-state index < -0.39 is 17.2 Å². The summed E-state index contributed by atoms with van der Waals surface area (Å²) in [4.78, 5) is 38.9. The van der Waals surface area contributed by atoms with Crippen LogP contribution in [-0.4, -0.2) is 26.3 Å². The molecule has 1 atom stereocenters. The summed E-state index contributed by atoms with van der Waals surface area (Å²) >= 11 is 6.04. The van der Waals surface area contributed by atoms with E-state index >= 15 is 0 Å². The Hall–Kier alpha value is -3.19. The third-order valence-electron chi connectivity index (χ3n) is 4.74. The molecule has 2 aromatic carbocycles. The third kappa shape index (κ3) is 4.68. The van der Waals surface area contributed by atoms with Gasteiger partial charge in [-0.05, 0) is 55.7 Å². The van der Waals surface area contributed by atoms with Gasteiger partial charge in [-0.15, -0.1) is 0 Å². The Kier molecular flexibility index (Phi) is 6.52. The summed E-state index contributed by atoms with van der Waals surface area (Å²) in [5, 5.41) is 7.36. The van der Waals surface area contributed by atoms with Gasteiger partial charge >= 0.3 is 5.69 Å². The van der Waals surface area contributed by atoms with E-state index in [2.05, 4.69) is 10.4 Å². The summed E-state index contributed by atoms with van der Waals surface area (Å²) in [5.41, 5.74) is 0.336. The molecule has 1 N–H and O–H groups in total. The standard InChI is InChI=1S/C22H23ClN4O3/c1-4-15(3)24-20(28)19-21(29)26(13-16-8-6-9-17(23)12-16)22(30)27(25-19)18-10-5-7-14(2)11-18/h5-12,15H,4,13H2,1-3H3,(H,24,28)/t15-/m0/s1. The Morgan fingerprint density at radius 2 is 1.90 bits per heavy atom. The molecular weight excluding hydrogens is 404 g/mol. The van der Waals surface area contributed by atoms with Crippen LogP contribution in [0.1, 0.15) is 41.9 Å². The largest absolute Gasteiger partial charge is 0.352 e. The molecule has 3 aromatic rings. The maximum atomic E-state index is 13.1. The van der Waals surface area contributed by atoms with E-state index in [0.29, 0.717) is 22.7 Å². The van der Waals surface area contributed by atoms with Crippen LogP contribution in [0.15, 0.2) is 58.1 Å². The summed E-state index contributed by atoms with van der Waals surface area (Å²) in [7, 11) is 0. The average molecular weight is 427 g/mol. The van der Waals surface area contributed by atoms with Crippen molar-refractivity contribution < 1.29 is 4.79 Å². The smallest absolute Gasteiger partial charge is 0.348 e. The highest BCUT2D eigenvalue weighted by atomic mass is 35.5. The summed E-state index contributed by atoms with van der Waals surface area (Å²) in [6.07, 6.45) is 0.694. The molecule has 0 unspecified atom stereocenters. The molecule has 0 bridgehead atoms.